The van der Waals surface area contributed by atoms with Gasteiger partial charge in [0.25, 0.3) is 0 Å². The third kappa shape index (κ3) is 3.81. The molecule has 1 unspecified atom stereocenters. The Morgan fingerprint density at radius 2 is 2.37 bits per heavy atom. The third-order valence-electron chi connectivity index (χ3n) is 3.86. The highest BCUT2D eigenvalue weighted by atomic mass is 16.5. The molecule has 0 aromatic rings. The summed E-state index contributed by atoms with van der Waals surface area (Å²) in [5, 5.41) is 13.4. The van der Waals surface area contributed by atoms with E-state index in [1.54, 1.807) is 14.2 Å². The number of ether oxygens (including phenoxy) is 2. The number of nitrogens with zero attached hydrogens (tertiary/aromatic N) is 2. The number of aliphatic hydroxyl groups is 1. The molecule has 0 aromatic carbocycles. The molecule has 2 N–H and O–H groups in total. The van der Waals surface area contributed by atoms with Crippen LogP contribution in [-0.2, 0) is 9.47 Å². The number of methoxy groups -OCH3 is 1. The zero-order valence-electron chi connectivity index (χ0n) is 11.9. The minimum atomic E-state index is -0.534. The van der Waals surface area contributed by atoms with Gasteiger partial charge in [0.15, 0.2) is 5.96 Å². The first-order valence-corrected chi connectivity index (χ1v) is 6.95. The molecule has 1 saturated heterocycles. The highest BCUT2D eigenvalue weighted by Gasteiger charge is 2.35. The van der Waals surface area contributed by atoms with Gasteiger partial charge in [0, 0.05) is 33.8 Å². The normalized spacial score (nSPS) is 27.0. The zero-order chi connectivity index (χ0) is 13.7. The van der Waals surface area contributed by atoms with E-state index in [0.717, 1.165) is 38.3 Å². The lowest BCUT2D eigenvalue weighted by atomic mass is 9.80. The molecule has 2 rings (SSSR count). The number of rotatable bonds is 4. The highest BCUT2D eigenvalue weighted by molar-refractivity contribution is 5.80. The maximum Gasteiger partial charge on any atom is 0.193 e. The van der Waals surface area contributed by atoms with Gasteiger partial charge in [-0.25, -0.2) is 0 Å². The molecule has 1 saturated carbocycles. The summed E-state index contributed by atoms with van der Waals surface area (Å²) in [5.41, 5.74) is -0.534. The van der Waals surface area contributed by atoms with Crippen LogP contribution in [-0.4, -0.2) is 74.7 Å². The predicted octanol–water partition coefficient (Wildman–Crippen LogP) is -0.176. The van der Waals surface area contributed by atoms with Gasteiger partial charge >= 0.3 is 0 Å². The lowest BCUT2D eigenvalue weighted by molar-refractivity contribution is -0.0467. The average molecular weight is 271 g/mol. The van der Waals surface area contributed by atoms with Crippen molar-refractivity contribution < 1.29 is 14.6 Å². The van der Waals surface area contributed by atoms with Gasteiger partial charge in [-0.05, 0) is 19.3 Å². The van der Waals surface area contributed by atoms with Crippen molar-refractivity contribution in [3.8, 4) is 0 Å². The van der Waals surface area contributed by atoms with Crippen LogP contribution in [0.2, 0.25) is 0 Å². The fourth-order valence-corrected chi connectivity index (χ4v) is 2.54. The van der Waals surface area contributed by atoms with E-state index in [9.17, 15) is 5.11 Å². The SMILES string of the molecule is CN=C(NCC1(O)CCC1)N1CCOC(COC)C1. The van der Waals surface area contributed by atoms with Crippen LogP contribution in [0.25, 0.3) is 0 Å². The van der Waals surface area contributed by atoms with Crippen LogP contribution in [0.1, 0.15) is 19.3 Å². The molecular weight excluding hydrogens is 246 g/mol. The van der Waals surface area contributed by atoms with Crippen molar-refractivity contribution in [1.29, 1.82) is 0 Å². The third-order valence-corrected chi connectivity index (χ3v) is 3.86. The second-order valence-electron chi connectivity index (χ2n) is 5.37. The van der Waals surface area contributed by atoms with Crippen molar-refractivity contribution >= 4 is 5.96 Å². The number of aliphatic imine (C=N–C) groups is 1. The summed E-state index contributed by atoms with van der Waals surface area (Å²) in [6.07, 6.45) is 2.97. The summed E-state index contributed by atoms with van der Waals surface area (Å²) in [5.74, 6) is 0.838. The van der Waals surface area contributed by atoms with Crippen LogP contribution in [0.3, 0.4) is 0 Å². The van der Waals surface area contributed by atoms with Gasteiger partial charge in [-0.15, -0.1) is 0 Å². The predicted molar refractivity (Wildman–Crippen MR) is 73.4 cm³/mol. The van der Waals surface area contributed by atoms with Crippen LogP contribution in [0.15, 0.2) is 4.99 Å². The van der Waals surface area contributed by atoms with Crippen LogP contribution < -0.4 is 5.32 Å². The van der Waals surface area contributed by atoms with Crippen LogP contribution in [0, 0.1) is 0 Å². The van der Waals surface area contributed by atoms with E-state index in [0.29, 0.717) is 19.8 Å². The van der Waals surface area contributed by atoms with Gasteiger partial charge < -0.3 is 24.8 Å². The van der Waals surface area contributed by atoms with E-state index >= 15 is 0 Å². The lowest BCUT2D eigenvalue weighted by Gasteiger charge is -2.39. The van der Waals surface area contributed by atoms with Gasteiger partial charge in [0.2, 0.25) is 0 Å². The highest BCUT2D eigenvalue weighted by Crippen LogP contribution is 2.30. The van der Waals surface area contributed by atoms with Crippen LogP contribution >= 0.6 is 0 Å². The van der Waals surface area contributed by atoms with E-state index < -0.39 is 5.60 Å². The summed E-state index contributed by atoms with van der Waals surface area (Å²) >= 11 is 0. The van der Waals surface area contributed by atoms with E-state index in [2.05, 4.69) is 15.2 Å². The number of guanidine groups is 1. The largest absolute Gasteiger partial charge is 0.388 e. The molecule has 0 amide bonds. The second kappa shape index (κ2) is 6.54. The Labute approximate surface area is 114 Å². The maximum absolute atomic E-state index is 10.1. The Morgan fingerprint density at radius 1 is 1.58 bits per heavy atom. The van der Waals surface area contributed by atoms with Gasteiger partial charge in [0.05, 0.1) is 24.9 Å². The molecule has 2 aliphatic rings. The molecule has 1 atom stereocenters. The quantitative estimate of drug-likeness (QED) is 0.549. The van der Waals surface area contributed by atoms with Gasteiger partial charge in [-0.3, -0.25) is 4.99 Å². The van der Waals surface area contributed by atoms with Gasteiger partial charge in [-0.2, -0.15) is 0 Å². The molecule has 0 aromatic heterocycles. The molecule has 110 valence electrons. The molecule has 19 heavy (non-hydrogen) atoms. The van der Waals surface area contributed by atoms with Crippen molar-refractivity contribution in [2.75, 3.05) is 47.0 Å². The topological polar surface area (TPSA) is 66.3 Å². The molecule has 6 nitrogen and oxygen atoms in total. The van der Waals surface area contributed by atoms with Gasteiger partial charge in [0.1, 0.15) is 0 Å². The van der Waals surface area contributed by atoms with Crippen LogP contribution in [0.5, 0.6) is 0 Å². The Kier molecular flexibility index (Phi) is 5.01. The maximum atomic E-state index is 10.1. The summed E-state index contributed by atoms with van der Waals surface area (Å²) in [6.45, 7) is 3.44. The van der Waals surface area contributed by atoms with E-state index in [-0.39, 0.29) is 6.10 Å². The summed E-state index contributed by atoms with van der Waals surface area (Å²) in [4.78, 5) is 6.45. The van der Waals surface area contributed by atoms with E-state index in [4.69, 9.17) is 9.47 Å². The van der Waals surface area contributed by atoms with Crippen LogP contribution in [0.4, 0.5) is 0 Å². The first kappa shape index (κ1) is 14.6. The van der Waals surface area contributed by atoms with Crippen molar-refractivity contribution in [2.45, 2.75) is 31.0 Å². The Balaban J connectivity index is 1.83. The average Bonchev–Trinajstić information content (AvgIpc) is 2.38. The zero-order valence-corrected chi connectivity index (χ0v) is 11.9. The van der Waals surface area contributed by atoms with Crippen molar-refractivity contribution in [2.24, 2.45) is 4.99 Å². The second-order valence-corrected chi connectivity index (χ2v) is 5.37. The molecular formula is C13H25N3O3. The smallest absolute Gasteiger partial charge is 0.193 e. The Bertz CT molecular complexity index is 316. The number of hydrogen-bond acceptors (Lipinski definition) is 4. The molecule has 0 spiro atoms. The monoisotopic (exact) mass is 271 g/mol. The minimum absolute atomic E-state index is 0.0871. The number of nitrogens with one attached hydrogen (secondary N) is 1. The van der Waals surface area contributed by atoms with E-state index in [1.165, 1.54) is 0 Å². The fourth-order valence-electron chi connectivity index (χ4n) is 2.54. The van der Waals surface area contributed by atoms with Crippen molar-refractivity contribution in [3.63, 3.8) is 0 Å². The van der Waals surface area contributed by atoms with Crippen molar-refractivity contribution in [3.05, 3.63) is 0 Å². The standard InChI is InChI=1S/C13H25N3O3/c1-14-12(15-10-13(17)4-3-5-13)16-6-7-19-11(8-16)9-18-2/h11,17H,3-10H2,1-2H3,(H,14,15). The molecule has 0 radical (unpaired) electrons. The summed E-state index contributed by atoms with van der Waals surface area (Å²) < 4.78 is 10.8. The fraction of sp³-hybridized carbons (Fsp3) is 0.923. The summed E-state index contributed by atoms with van der Waals surface area (Å²) in [7, 11) is 3.45. The molecule has 6 heteroatoms. The van der Waals surface area contributed by atoms with Crippen molar-refractivity contribution in [1.82, 2.24) is 10.2 Å². The molecule has 2 fully saturated rings. The molecule has 1 aliphatic carbocycles. The Hall–Kier alpha value is -0.850. The first-order valence-electron chi connectivity index (χ1n) is 6.95. The first-order chi connectivity index (χ1) is 9.17. The van der Waals surface area contributed by atoms with Gasteiger partial charge in [-0.1, -0.05) is 0 Å². The molecule has 0 bridgehead atoms. The Morgan fingerprint density at radius 3 is 2.95 bits per heavy atom. The number of hydrogen-bond donors (Lipinski definition) is 2. The molecule has 1 aliphatic heterocycles. The minimum Gasteiger partial charge on any atom is -0.388 e. The molecule has 1 heterocycles. The number of morpholine rings is 1. The van der Waals surface area contributed by atoms with E-state index in [1.807, 2.05) is 0 Å². The lowest BCUT2D eigenvalue weighted by Crippen LogP contribution is -2.55. The summed E-state index contributed by atoms with van der Waals surface area (Å²) in [6, 6.07) is 0.